The van der Waals surface area contributed by atoms with E-state index in [1.54, 1.807) is 12.1 Å². The van der Waals surface area contributed by atoms with Gasteiger partial charge in [-0.1, -0.05) is 29.8 Å². The zero-order valence-electron chi connectivity index (χ0n) is 15.6. The lowest BCUT2D eigenvalue weighted by Crippen LogP contribution is -2.41. The number of carbonyl (C=O) groups is 1. The Bertz CT molecular complexity index is 814. The molecular formula is C20H22BClO4. The molecule has 136 valence electrons. The summed E-state index contributed by atoms with van der Waals surface area (Å²) in [7, 11) is 0.807. The first-order valence-electron chi connectivity index (χ1n) is 8.48. The lowest BCUT2D eigenvalue weighted by atomic mass is 9.77. The molecule has 0 atom stereocenters. The van der Waals surface area contributed by atoms with Gasteiger partial charge in [-0.05, 0) is 68.6 Å². The van der Waals surface area contributed by atoms with Crippen LogP contribution in [0.25, 0.3) is 11.1 Å². The highest BCUT2D eigenvalue weighted by Gasteiger charge is 2.51. The normalized spacial score (nSPS) is 18.0. The number of rotatable bonds is 3. The van der Waals surface area contributed by atoms with E-state index in [1.807, 2.05) is 58.0 Å². The first-order chi connectivity index (χ1) is 12.1. The summed E-state index contributed by atoms with van der Waals surface area (Å²) in [6, 6.07) is 13.0. The van der Waals surface area contributed by atoms with Gasteiger partial charge in [-0.3, -0.25) is 0 Å². The lowest BCUT2D eigenvalue weighted by Gasteiger charge is -2.32. The maximum atomic E-state index is 12.1. The Labute approximate surface area is 159 Å². The molecule has 2 aromatic rings. The van der Waals surface area contributed by atoms with Crippen LogP contribution in [-0.2, 0) is 14.0 Å². The Morgan fingerprint density at radius 3 is 2.08 bits per heavy atom. The number of halogens is 1. The fraction of sp³-hybridized carbons (Fsp3) is 0.350. The average molecular weight is 373 g/mol. The largest absolute Gasteiger partial charge is 0.494 e. The third kappa shape index (κ3) is 3.52. The zero-order chi connectivity index (χ0) is 19.1. The number of methoxy groups -OCH3 is 1. The number of hydrogen-bond acceptors (Lipinski definition) is 4. The van der Waals surface area contributed by atoms with E-state index in [0.717, 1.165) is 16.6 Å². The van der Waals surface area contributed by atoms with Crippen molar-refractivity contribution in [2.24, 2.45) is 0 Å². The summed E-state index contributed by atoms with van der Waals surface area (Å²) in [6.45, 7) is 7.99. The molecule has 1 aliphatic heterocycles. The molecular weight excluding hydrogens is 350 g/mol. The van der Waals surface area contributed by atoms with Gasteiger partial charge in [-0.25, -0.2) is 4.79 Å². The van der Waals surface area contributed by atoms with Gasteiger partial charge in [0.1, 0.15) is 0 Å². The minimum absolute atomic E-state index is 0.404. The fourth-order valence-electron chi connectivity index (χ4n) is 2.81. The van der Waals surface area contributed by atoms with Crippen LogP contribution in [0.1, 0.15) is 38.1 Å². The highest BCUT2D eigenvalue weighted by Crippen LogP contribution is 2.37. The van der Waals surface area contributed by atoms with Crippen molar-refractivity contribution >= 4 is 30.2 Å². The number of benzene rings is 2. The molecule has 0 aliphatic carbocycles. The predicted octanol–water partition coefficient (Wildman–Crippen LogP) is 4.09. The number of ether oxygens (including phenoxy) is 1. The van der Waals surface area contributed by atoms with Crippen molar-refractivity contribution in [3.05, 3.63) is 53.1 Å². The van der Waals surface area contributed by atoms with Gasteiger partial charge >= 0.3 is 13.1 Å². The summed E-state index contributed by atoms with van der Waals surface area (Å²) in [4.78, 5) is 12.1. The van der Waals surface area contributed by atoms with E-state index in [4.69, 9.17) is 25.6 Å². The van der Waals surface area contributed by atoms with Crippen LogP contribution in [0.2, 0.25) is 5.02 Å². The summed E-state index contributed by atoms with van der Waals surface area (Å²) < 4.78 is 17.2. The van der Waals surface area contributed by atoms with Gasteiger partial charge in [-0.2, -0.15) is 0 Å². The molecule has 1 fully saturated rings. The minimum atomic E-state index is -0.560. The maximum absolute atomic E-state index is 12.1. The highest BCUT2D eigenvalue weighted by molar-refractivity contribution is 6.62. The van der Waals surface area contributed by atoms with Gasteiger partial charge in [0.2, 0.25) is 0 Å². The number of hydrogen-bond donors (Lipinski definition) is 0. The summed E-state index contributed by atoms with van der Waals surface area (Å²) in [6.07, 6.45) is 0. The van der Waals surface area contributed by atoms with Crippen molar-refractivity contribution < 1.29 is 18.8 Å². The quantitative estimate of drug-likeness (QED) is 0.601. The molecule has 0 bridgehead atoms. The van der Waals surface area contributed by atoms with Crippen molar-refractivity contribution in [2.75, 3.05) is 7.11 Å². The second-order valence-corrected chi connectivity index (χ2v) is 7.87. The molecule has 0 spiro atoms. The monoisotopic (exact) mass is 372 g/mol. The van der Waals surface area contributed by atoms with E-state index in [1.165, 1.54) is 7.11 Å². The van der Waals surface area contributed by atoms with Crippen molar-refractivity contribution in [3.63, 3.8) is 0 Å². The van der Waals surface area contributed by atoms with E-state index in [2.05, 4.69) is 0 Å². The van der Waals surface area contributed by atoms with Crippen molar-refractivity contribution in [1.82, 2.24) is 0 Å². The van der Waals surface area contributed by atoms with Gasteiger partial charge in [0.25, 0.3) is 0 Å². The van der Waals surface area contributed by atoms with Crippen LogP contribution in [0.3, 0.4) is 0 Å². The predicted molar refractivity (Wildman–Crippen MR) is 104 cm³/mol. The molecule has 0 aromatic heterocycles. The fourth-order valence-corrected chi connectivity index (χ4v) is 2.94. The number of carbonyl (C=O) groups excluding carboxylic acids is 1. The van der Waals surface area contributed by atoms with Crippen LogP contribution in [0.4, 0.5) is 0 Å². The average Bonchev–Trinajstić information content (AvgIpc) is 2.82. The highest BCUT2D eigenvalue weighted by atomic mass is 35.5. The summed E-state index contributed by atoms with van der Waals surface area (Å²) >= 11 is 5.99. The van der Waals surface area contributed by atoms with Crippen LogP contribution in [0.15, 0.2) is 42.5 Å². The van der Waals surface area contributed by atoms with E-state index in [9.17, 15) is 4.79 Å². The minimum Gasteiger partial charge on any atom is -0.465 e. The Balaban J connectivity index is 2.07. The molecule has 6 heteroatoms. The van der Waals surface area contributed by atoms with Crippen LogP contribution in [-0.4, -0.2) is 31.4 Å². The Hall–Kier alpha value is -1.82. The molecule has 1 saturated heterocycles. The molecule has 0 unspecified atom stereocenters. The van der Waals surface area contributed by atoms with Gasteiger partial charge in [0.15, 0.2) is 0 Å². The molecule has 1 heterocycles. The number of esters is 1. The van der Waals surface area contributed by atoms with E-state index in [-0.39, 0.29) is 0 Å². The van der Waals surface area contributed by atoms with Gasteiger partial charge in [-0.15, -0.1) is 0 Å². The third-order valence-electron chi connectivity index (χ3n) is 5.08. The Morgan fingerprint density at radius 1 is 0.962 bits per heavy atom. The maximum Gasteiger partial charge on any atom is 0.494 e. The molecule has 0 radical (unpaired) electrons. The lowest BCUT2D eigenvalue weighted by molar-refractivity contribution is 0.00578. The standard InChI is InChI=1S/C20H22BClO4/c1-19(2)20(3,4)26-21(25-19)16-11-14(10-15(12-16)18(23)24-5)13-6-8-17(22)9-7-13/h6-12H,1-5H3. The Kier molecular flexibility index (Phi) is 4.91. The summed E-state index contributed by atoms with van der Waals surface area (Å²) in [5.74, 6) is -0.404. The zero-order valence-corrected chi connectivity index (χ0v) is 16.4. The summed E-state index contributed by atoms with van der Waals surface area (Å²) in [5.41, 5.74) is 2.12. The topological polar surface area (TPSA) is 44.8 Å². The molecule has 4 nitrogen and oxygen atoms in total. The second kappa shape index (κ2) is 6.73. The van der Waals surface area contributed by atoms with Crippen LogP contribution >= 0.6 is 11.6 Å². The van der Waals surface area contributed by atoms with Crippen molar-refractivity contribution in [3.8, 4) is 11.1 Å². The molecule has 26 heavy (non-hydrogen) atoms. The molecule has 0 N–H and O–H groups in total. The van der Waals surface area contributed by atoms with E-state index < -0.39 is 24.3 Å². The van der Waals surface area contributed by atoms with Gasteiger partial charge in [0.05, 0.1) is 23.9 Å². The molecule has 1 aliphatic rings. The molecule has 0 saturated carbocycles. The molecule has 0 amide bonds. The van der Waals surface area contributed by atoms with E-state index >= 15 is 0 Å². The van der Waals surface area contributed by atoms with Gasteiger partial charge in [0, 0.05) is 5.02 Å². The second-order valence-electron chi connectivity index (χ2n) is 7.43. The van der Waals surface area contributed by atoms with Crippen LogP contribution in [0.5, 0.6) is 0 Å². The molecule has 2 aromatic carbocycles. The smallest absolute Gasteiger partial charge is 0.465 e. The van der Waals surface area contributed by atoms with Crippen LogP contribution in [0, 0.1) is 0 Å². The van der Waals surface area contributed by atoms with Crippen molar-refractivity contribution in [2.45, 2.75) is 38.9 Å². The SMILES string of the molecule is COC(=O)c1cc(B2OC(C)(C)C(C)(C)O2)cc(-c2ccc(Cl)cc2)c1. The van der Waals surface area contributed by atoms with Crippen molar-refractivity contribution in [1.29, 1.82) is 0 Å². The summed E-state index contributed by atoms with van der Waals surface area (Å²) in [5, 5.41) is 0.657. The van der Waals surface area contributed by atoms with E-state index in [0.29, 0.717) is 10.6 Å². The van der Waals surface area contributed by atoms with Crippen LogP contribution < -0.4 is 5.46 Å². The molecule has 3 rings (SSSR count). The third-order valence-corrected chi connectivity index (χ3v) is 5.33. The van der Waals surface area contributed by atoms with Gasteiger partial charge < -0.3 is 14.0 Å². The first kappa shape index (κ1) is 19.0. The first-order valence-corrected chi connectivity index (χ1v) is 8.86. The Morgan fingerprint density at radius 2 is 1.54 bits per heavy atom.